The lowest BCUT2D eigenvalue weighted by Gasteiger charge is -2.21. The summed E-state index contributed by atoms with van der Waals surface area (Å²) < 4.78 is 5.28. The molecular formula is C16H21N3O. The highest BCUT2D eigenvalue weighted by molar-refractivity contribution is 5.94. The summed E-state index contributed by atoms with van der Waals surface area (Å²) >= 11 is 0. The largest absolute Gasteiger partial charge is 0.399 e. The molecule has 2 heterocycles. The molecule has 1 aromatic carbocycles. The lowest BCUT2D eigenvalue weighted by atomic mass is 10.1. The number of fused-ring (bicyclic) bond motifs is 1. The van der Waals surface area contributed by atoms with E-state index >= 15 is 0 Å². The summed E-state index contributed by atoms with van der Waals surface area (Å²) in [4.78, 5) is 7.03. The molecule has 2 aromatic rings. The van der Waals surface area contributed by atoms with Gasteiger partial charge in [0.25, 0.3) is 0 Å². The van der Waals surface area contributed by atoms with Crippen molar-refractivity contribution < 1.29 is 4.74 Å². The Hall–Kier alpha value is -1.81. The van der Waals surface area contributed by atoms with Crippen LogP contribution in [0.5, 0.6) is 0 Å². The Morgan fingerprint density at radius 2 is 2.25 bits per heavy atom. The van der Waals surface area contributed by atoms with Gasteiger partial charge in [-0.05, 0) is 37.6 Å². The van der Waals surface area contributed by atoms with Gasteiger partial charge in [-0.15, -0.1) is 0 Å². The fourth-order valence-corrected chi connectivity index (χ4v) is 3.04. The summed E-state index contributed by atoms with van der Waals surface area (Å²) in [6.45, 7) is 4.99. The van der Waals surface area contributed by atoms with Crippen LogP contribution in [-0.2, 0) is 4.74 Å². The molecule has 0 radical (unpaired) electrons. The van der Waals surface area contributed by atoms with E-state index in [1.807, 2.05) is 25.1 Å². The first kappa shape index (κ1) is 13.2. The third-order valence-electron chi connectivity index (χ3n) is 3.97. The highest BCUT2D eigenvalue weighted by atomic mass is 16.5. The van der Waals surface area contributed by atoms with Crippen molar-refractivity contribution in [2.24, 2.45) is 5.92 Å². The maximum atomic E-state index is 5.94. The molecule has 1 unspecified atom stereocenters. The number of hydrogen-bond donors (Lipinski definition) is 1. The standard InChI is InChI=1S/C16H21N3O/c1-11-7-16(19-6-5-12(9-19)10-20-2)14-8-13(17)3-4-15(14)18-11/h3-4,7-8,12H,5-6,9-10,17H2,1-2H3. The van der Waals surface area contributed by atoms with Gasteiger partial charge < -0.3 is 15.4 Å². The summed E-state index contributed by atoms with van der Waals surface area (Å²) in [5.41, 5.74) is 10.0. The Labute approximate surface area is 119 Å². The number of methoxy groups -OCH3 is 1. The van der Waals surface area contributed by atoms with Crippen molar-refractivity contribution in [2.75, 3.05) is 37.4 Å². The third kappa shape index (κ3) is 2.43. The zero-order chi connectivity index (χ0) is 14.1. The second-order valence-electron chi connectivity index (χ2n) is 5.62. The summed E-state index contributed by atoms with van der Waals surface area (Å²) in [5.74, 6) is 0.615. The molecule has 20 heavy (non-hydrogen) atoms. The van der Waals surface area contributed by atoms with Gasteiger partial charge in [-0.2, -0.15) is 0 Å². The molecule has 3 rings (SSSR count). The smallest absolute Gasteiger partial charge is 0.0727 e. The minimum absolute atomic E-state index is 0.615. The van der Waals surface area contributed by atoms with Crippen molar-refractivity contribution in [2.45, 2.75) is 13.3 Å². The molecule has 1 aliphatic rings. The lowest BCUT2D eigenvalue weighted by Crippen LogP contribution is -2.21. The van der Waals surface area contributed by atoms with Crippen molar-refractivity contribution in [1.82, 2.24) is 4.98 Å². The van der Waals surface area contributed by atoms with Crippen LogP contribution in [0.3, 0.4) is 0 Å². The van der Waals surface area contributed by atoms with E-state index in [1.54, 1.807) is 7.11 Å². The number of nitrogens with zero attached hydrogens (tertiary/aromatic N) is 2. The molecule has 1 aliphatic heterocycles. The van der Waals surface area contributed by atoms with E-state index in [2.05, 4.69) is 16.0 Å². The minimum Gasteiger partial charge on any atom is -0.399 e. The summed E-state index contributed by atoms with van der Waals surface area (Å²) in [6, 6.07) is 8.11. The minimum atomic E-state index is 0.615. The Kier molecular flexibility index (Phi) is 3.49. The number of anilines is 2. The van der Waals surface area contributed by atoms with E-state index in [9.17, 15) is 0 Å². The zero-order valence-corrected chi connectivity index (χ0v) is 12.1. The quantitative estimate of drug-likeness (QED) is 0.872. The van der Waals surface area contributed by atoms with E-state index in [0.717, 1.165) is 42.0 Å². The third-order valence-corrected chi connectivity index (χ3v) is 3.97. The van der Waals surface area contributed by atoms with Gasteiger partial charge in [0.15, 0.2) is 0 Å². The number of ether oxygens (including phenoxy) is 1. The van der Waals surface area contributed by atoms with Crippen molar-refractivity contribution in [3.05, 3.63) is 30.0 Å². The van der Waals surface area contributed by atoms with Crippen LogP contribution < -0.4 is 10.6 Å². The molecule has 2 N–H and O–H groups in total. The highest BCUT2D eigenvalue weighted by Gasteiger charge is 2.24. The van der Waals surface area contributed by atoms with Crippen LogP contribution in [0.1, 0.15) is 12.1 Å². The molecular weight excluding hydrogens is 250 g/mol. The van der Waals surface area contributed by atoms with Crippen LogP contribution in [0, 0.1) is 12.8 Å². The molecule has 0 spiro atoms. The highest BCUT2D eigenvalue weighted by Crippen LogP contribution is 2.32. The maximum Gasteiger partial charge on any atom is 0.0727 e. The molecule has 0 saturated carbocycles. The van der Waals surface area contributed by atoms with Crippen LogP contribution >= 0.6 is 0 Å². The number of aromatic nitrogens is 1. The number of nitrogen functional groups attached to an aromatic ring is 1. The van der Waals surface area contributed by atoms with E-state index < -0.39 is 0 Å². The van der Waals surface area contributed by atoms with E-state index in [0.29, 0.717) is 5.92 Å². The molecule has 0 aliphatic carbocycles. The number of nitrogens with two attached hydrogens (primary N) is 1. The Balaban J connectivity index is 2.00. The Morgan fingerprint density at radius 1 is 1.40 bits per heavy atom. The predicted octanol–water partition coefficient (Wildman–Crippen LogP) is 2.60. The molecule has 1 atom stereocenters. The molecule has 4 nitrogen and oxygen atoms in total. The van der Waals surface area contributed by atoms with Crippen molar-refractivity contribution in [3.8, 4) is 0 Å². The van der Waals surface area contributed by atoms with Gasteiger partial charge >= 0.3 is 0 Å². The van der Waals surface area contributed by atoms with Crippen LogP contribution in [0.25, 0.3) is 10.9 Å². The molecule has 1 saturated heterocycles. The van der Waals surface area contributed by atoms with Crippen LogP contribution in [0.15, 0.2) is 24.3 Å². The fourth-order valence-electron chi connectivity index (χ4n) is 3.04. The van der Waals surface area contributed by atoms with Crippen LogP contribution in [-0.4, -0.2) is 31.8 Å². The second kappa shape index (κ2) is 5.29. The van der Waals surface area contributed by atoms with E-state index in [1.165, 1.54) is 12.1 Å². The topological polar surface area (TPSA) is 51.4 Å². The first-order chi connectivity index (χ1) is 9.67. The molecule has 0 amide bonds. The van der Waals surface area contributed by atoms with Gasteiger partial charge in [0, 0.05) is 48.6 Å². The first-order valence-corrected chi connectivity index (χ1v) is 7.08. The number of hydrogen-bond acceptors (Lipinski definition) is 4. The van der Waals surface area contributed by atoms with Gasteiger partial charge in [-0.3, -0.25) is 4.98 Å². The van der Waals surface area contributed by atoms with Gasteiger partial charge in [-0.1, -0.05) is 0 Å². The Bertz CT molecular complexity index is 626. The predicted molar refractivity (Wildman–Crippen MR) is 83.1 cm³/mol. The van der Waals surface area contributed by atoms with Crippen LogP contribution in [0.4, 0.5) is 11.4 Å². The summed E-state index contributed by atoms with van der Waals surface area (Å²) in [7, 11) is 1.77. The Morgan fingerprint density at radius 3 is 3.05 bits per heavy atom. The molecule has 1 fully saturated rings. The van der Waals surface area contributed by atoms with Gasteiger partial charge in [0.2, 0.25) is 0 Å². The lowest BCUT2D eigenvalue weighted by molar-refractivity contribution is 0.161. The monoisotopic (exact) mass is 271 g/mol. The number of pyridine rings is 1. The van der Waals surface area contributed by atoms with Crippen molar-refractivity contribution in [1.29, 1.82) is 0 Å². The number of benzene rings is 1. The molecule has 0 bridgehead atoms. The molecule has 1 aromatic heterocycles. The molecule has 4 heteroatoms. The van der Waals surface area contributed by atoms with E-state index in [-0.39, 0.29) is 0 Å². The normalized spacial score (nSPS) is 18.9. The summed E-state index contributed by atoms with van der Waals surface area (Å²) in [5, 5.41) is 1.15. The van der Waals surface area contributed by atoms with Crippen molar-refractivity contribution >= 4 is 22.3 Å². The zero-order valence-electron chi connectivity index (χ0n) is 12.1. The van der Waals surface area contributed by atoms with Crippen LogP contribution in [0.2, 0.25) is 0 Å². The van der Waals surface area contributed by atoms with Gasteiger partial charge in [-0.25, -0.2) is 0 Å². The fraction of sp³-hybridized carbons (Fsp3) is 0.438. The van der Waals surface area contributed by atoms with Crippen molar-refractivity contribution in [3.63, 3.8) is 0 Å². The SMILES string of the molecule is COCC1CCN(c2cc(C)nc3ccc(N)cc23)C1. The average molecular weight is 271 g/mol. The van der Waals surface area contributed by atoms with Gasteiger partial charge in [0.1, 0.15) is 0 Å². The molecule has 106 valence electrons. The average Bonchev–Trinajstić information content (AvgIpc) is 2.87. The first-order valence-electron chi connectivity index (χ1n) is 7.08. The maximum absolute atomic E-state index is 5.94. The second-order valence-corrected chi connectivity index (χ2v) is 5.62. The van der Waals surface area contributed by atoms with E-state index in [4.69, 9.17) is 10.5 Å². The number of aryl methyl sites for hydroxylation is 1. The summed E-state index contributed by atoms with van der Waals surface area (Å²) in [6.07, 6.45) is 1.18. The van der Waals surface area contributed by atoms with Gasteiger partial charge in [0.05, 0.1) is 12.1 Å². The number of rotatable bonds is 3.